The first kappa shape index (κ1) is 16.4. The summed E-state index contributed by atoms with van der Waals surface area (Å²) in [7, 11) is 0. The Hall–Kier alpha value is -2.43. The fourth-order valence-electron chi connectivity index (χ4n) is 3.46. The van der Waals surface area contributed by atoms with E-state index in [0.717, 1.165) is 31.2 Å². The number of halogens is 1. The largest absolute Gasteiger partial charge is 0.505 e. The quantitative estimate of drug-likeness (QED) is 0.839. The molecule has 2 aromatic rings. The Morgan fingerprint density at radius 1 is 1.25 bits per heavy atom. The second-order valence-corrected chi connectivity index (χ2v) is 6.17. The first-order valence-corrected chi connectivity index (χ1v) is 8.20. The van der Waals surface area contributed by atoms with Crippen LogP contribution >= 0.6 is 0 Å². The number of hydrogen-bond acceptors (Lipinski definition) is 4. The second kappa shape index (κ2) is 7.43. The number of rotatable bonds is 5. The maximum absolute atomic E-state index is 14.2. The van der Waals surface area contributed by atoms with Crippen molar-refractivity contribution in [1.82, 2.24) is 4.98 Å². The van der Waals surface area contributed by atoms with Crippen molar-refractivity contribution in [2.45, 2.75) is 31.6 Å². The molecule has 1 aliphatic carbocycles. The third-order valence-electron chi connectivity index (χ3n) is 4.71. The van der Waals surface area contributed by atoms with Crippen LogP contribution < -0.4 is 4.74 Å². The fourth-order valence-corrected chi connectivity index (χ4v) is 3.46. The van der Waals surface area contributed by atoms with E-state index in [4.69, 9.17) is 4.74 Å². The van der Waals surface area contributed by atoms with Crippen LogP contribution in [-0.4, -0.2) is 23.0 Å². The van der Waals surface area contributed by atoms with Gasteiger partial charge in [-0.3, -0.25) is 9.78 Å². The smallest absolute Gasteiger partial charge is 0.157 e. The van der Waals surface area contributed by atoms with Gasteiger partial charge in [-0.25, -0.2) is 4.39 Å². The molecular formula is C19H20FNO3. The second-order valence-electron chi connectivity index (χ2n) is 6.17. The Kier molecular flexibility index (Phi) is 5.08. The minimum Gasteiger partial charge on any atom is -0.505 e. The summed E-state index contributed by atoms with van der Waals surface area (Å²) in [5, 5.41) is 9.67. The first-order chi connectivity index (χ1) is 11.7. The van der Waals surface area contributed by atoms with E-state index in [1.807, 2.05) is 12.1 Å². The minimum absolute atomic E-state index is 0.100. The number of benzene rings is 1. The summed E-state index contributed by atoms with van der Waals surface area (Å²) in [6.07, 6.45) is 7.21. The van der Waals surface area contributed by atoms with Crippen LogP contribution in [0.15, 0.2) is 36.7 Å². The molecule has 1 heterocycles. The van der Waals surface area contributed by atoms with Gasteiger partial charge in [0.25, 0.3) is 0 Å². The number of aromatic hydroxyl groups is 1. The van der Waals surface area contributed by atoms with Crippen LogP contribution in [0.5, 0.6) is 11.5 Å². The predicted octanol–water partition coefficient (Wildman–Crippen LogP) is 4.09. The number of aromatic nitrogens is 1. The Morgan fingerprint density at radius 3 is 2.83 bits per heavy atom. The van der Waals surface area contributed by atoms with Crippen molar-refractivity contribution in [3.8, 4) is 11.5 Å². The molecule has 3 rings (SSSR count). The highest BCUT2D eigenvalue weighted by atomic mass is 19.1. The zero-order chi connectivity index (χ0) is 16.9. The molecule has 4 nitrogen and oxygen atoms in total. The Morgan fingerprint density at radius 2 is 2.04 bits per heavy atom. The molecule has 0 amide bonds. The highest BCUT2D eigenvalue weighted by molar-refractivity contribution is 5.82. The maximum atomic E-state index is 14.2. The molecule has 1 aliphatic rings. The van der Waals surface area contributed by atoms with E-state index in [1.165, 1.54) is 18.5 Å². The summed E-state index contributed by atoms with van der Waals surface area (Å²) in [5.74, 6) is 0.157. The van der Waals surface area contributed by atoms with Gasteiger partial charge in [0.05, 0.1) is 19.0 Å². The van der Waals surface area contributed by atoms with Gasteiger partial charge in [-0.05, 0) is 36.3 Å². The highest BCUT2D eigenvalue weighted by Gasteiger charge is 2.29. The molecule has 1 N–H and O–H groups in total. The van der Waals surface area contributed by atoms with Crippen molar-refractivity contribution < 1.29 is 19.0 Å². The van der Waals surface area contributed by atoms with E-state index in [0.29, 0.717) is 12.9 Å². The third-order valence-corrected chi connectivity index (χ3v) is 4.71. The average molecular weight is 329 g/mol. The molecule has 0 saturated heterocycles. The molecule has 0 bridgehead atoms. The van der Waals surface area contributed by atoms with Crippen LogP contribution in [0.1, 0.15) is 47.5 Å². The minimum atomic E-state index is -0.197. The molecule has 0 aliphatic heterocycles. The lowest BCUT2D eigenvalue weighted by Crippen LogP contribution is -2.24. The van der Waals surface area contributed by atoms with E-state index in [1.54, 1.807) is 6.07 Å². The molecule has 1 aromatic carbocycles. The molecule has 0 spiro atoms. The number of ether oxygens (including phenoxy) is 1. The molecule has 126 valence electrons. The topological polar surface area (TPSA) is 59.4 Å². The lowest BCUT2D eigenvalue weighted by Gasteiger charge is -2.32. The monoisotopic (exact) mass is 329 g/mol. The Balaban J connectivity index is 1.77. The van der Waals surface area contributed by atoms with Gasteiger partial charge in [-0.15, -0.1) is 0 Å². The molecule has 2 atom stereocenters. The number of hydrogen-bond donors (Lipinski definition) is 1. The van der Waals surface area contributed by atoms with Crippen LogP contribution in [0.2, 0.25) is 0 Å². The zero-order valence-corrected chi connectivity index (χ0v) is 13.3. The molecule has 0 radical (unpaired) electrons. The van der Waals surface area contributed by atoms with Crippen LogP contribution in [0.25, 0.3) is 0 Å². The van der Waals surface area contributed by atoms with Crippen molar-refractivity contribution in [3.05, 3.63) is 53.6 Å². The van der Waals surface area contributed by atoms with Gasteiger partial charge in [0.15, 0.2) is 12.0 Å². The normalized spacial score (nSPS) is 20.5. The van der Waals surface area contributed by atoms with Crippen molar-refractivity contribution in [2.75, 3.05) is 6.61 Å². The summed E-state index contributed by atoms with van der Waals surface area (Å²) in [6, 6.07) is 6.88. The lowest BCUT2D eigenvalue weighted by molar-refractivity contribution is 0.111. The summed E-state index contributed by atoms with van der Waals surface area (Å²) in [5.41, 5.74) is 0.832. The summed E-state index contributed by atoms with van der Waals surface area (Å²) in [6.45, 7) is 0.366. The number of carbonyl (C=O) groups excluding carboxylic acids is 1. The molecule has 5 heteroatoms. The summed E-state index contributed by atoms with van der Waals surface area (Å²) in [4.78, 5) is 15.0. The Bertz CT molecular complexity index is 720. The van der Waals surface area contributed by atoms with Gasteiger partial charge >= 0.3 is 0 Å². The molecule has 1 aromatic heterocycles. The van der Waals surface area contributed by atoms with Crippen molar-refractivity contribution in [2.24, 2.45) is 5.92 Å². The number of nitrogens with zero attached hydrogens (tertiary/aromatic N) is 1. The van der Waals surface area contributed by atoms with Crippen LogP contribution in [0, 0.1) is 11.7 Å². The molecule has 1 saturated carbocycles. The summed E-state index contributed by atoms with van der Waals surface area (Å²) >= 11 is 0. The number of pyridine rings is 1. The van der Waals surface area contributed by atoms with Gasteiger partial charge in [-0.2, -0.15) is 0 Å². The van der Waals surface area contributed by atoms with Gasteiger partial charge in [0.1, 0.15) is 17.1 Å². The van der Waals surface area contributed by atoms with E-state index in [-0.39, 0.29) is 34.7 Å². The van der Waals surface area contributed by atoms with Gasteiger partial charge in [0.2, 0.25) is 0 Å². The number of aldehydes is 1. The van der Waals surface area contributed by atoms with Crippen molar-refractivity contribution in [1.29, 1.82) is 0 Å². The summed E-state index contributed by atoms with van der Waals surface area (Å²) < 4.78 is 19.9. The lowest BCUT2D eigenvalue weighted by atomic mass is 9.75. The molecule has 1 fully saturated rings. The van der Waals surface area contributed by atoms with Crippen LogP contribution in [0.3, 0.4) is 0 Å². The van der Waals surface area contributed by atoms with Crippen LogP contribution in [0.4, 0.5) is 4.39 Å². The molecular weight excluding hydrogens is 309 g/mol. The van der Waals surface area contributed by atoms with Gasteiger partial charge in [0, 0.05) is 0 Å². The third kappa shape index (κ3) is 3.40. The Labute approximate surface area is 140 Å². The molecule has 24 heavy (non-hydrogen) atoms. The molecule has 2 unspecified atom stereocenters. The highest BCUT2D eigenvalue weighted by Crippen LogP contribution is 2.39. The van der Waals surface area contributed by atoms with E-state index in [2.05, 4.69) is 4.98 Å². The van der Waals surface area contributed by atoms with Crippen molar-refractivity contribution in [3.63, 3.8) is 0 Å². The SMILES string of the molecule is O=Cc1c(O)cncc1OCC1CCCCC1c1ccccc1F. The van der Waals surface area contributed by atoms with E-state index >= 15 is 0 Å². The van der Waals surface area contributed by atoms with E-state index in [9.17, 15) is 14.3 Å². The maximum Gasteiger partial charge on any atom is 0.157 e. The average Bonchev–Trinajstić information content (AvgIpc) is 2.61. The zero-order valence-electron chi connectivity index (χ0n) is 13.3. The number of carbonyl (C=O) groups is 1. The van der Waals surface area contributed by atoms with E-state index < -0.39 is 0 Å². The predicted molar refractivity (Wildman–Crippen MR) is 87.9 cm³/mol. The fraction of sp³-hybridized carbons (Fsp3) is 0.368. The standard InChI is InChI=1S/C19H20FNO3/c20-17-8-4-3-7-15(17)14-6-2-1-5-13(14)12-24-19-10-21-9-18(23)16(19)11-22/h3-4,7-11,13-14,23H,1-2,5-6,12H2. The van der Waals surface area contributed by atoms with Gasteiger partial charge in [-0.1, -0.05) is 31.0 Å². The van der Waals surface area contributed by atoms with Gasteiger partial charge < -0.3 is 9.84 Å². The first-order valence-electron chi connectivity index (χ1n) is 8.20. The van der Waals surface area contributed by atoms with Crippen LogP contribution in [-0.2, 0) is 0 Å². The van der Waals surface area contributed by atoms with Crippen molar-refractivity contribution >= 4 is 6.29 Å².